The van der Waals surface area contributed by atoms with Crippen LogP contribution in [0.25, 0.3) is 86.9 Å². The van der Waals surface area contributed by atoms with Crippen molar-refractivity contribution in [1.29, 1.82) is 0 Å². The van der Waals surface area contributed by atoms with Crippen LogP contribution in [-0.4, -0.2) is 0 Å². The second-order valence-corrected chi connectivity index (χ2v) is 13.4. The van der Waals surface area contributed by atoms with Gasteiger partial charge >= 0.3 is 0 Å². The second-order valence-electron chi connectivity index (χ2n) is 13.4. The topological polar surface area (TPSA) is 0 Å². The van der Waals surface area contributed by atoms with E-state index in [9.17, 15) is 0 Å². The minimum atomic E-state index is 0.115. The van der Waals surface area contributed by atoms with Crippen molar-refractivity contribution >= 4 is 64.6 Å². The fourth-order valence-electron chi connectivity index (χ4n) is 7.29. The van der Waals surface area contributed by atoms with Crippen LogP contribution in [0.3, 0.4) is 0 Å². The molecule has 0 aliphatic carbocycles. The molecular formula is C44H32. The predicted octanol–water partition coefficient (Wildman–Crippen LogP) is 12.7. The smallest absolute Gasteiger partial charge is 0.00206 e. The third-order valence-electron chi connectivity index (χ3n) is 9.69. The molecule has 9 rings (SSSR count). The number of fused-ring (bicyclic) bond motifs is 4. The van der Waals surface area contributed by atoms with E-state index in [1.807, 2.05) is 0 Å². The Hall–Kier alpha value is -5.20. The summed E-state index contributed by atoms with van der Waals surface area (Å²) in [5.41, 5.74) is 6.55. The van der Waals surface area contributed by atoms with Gasteiger partial charge in [0.05, 0.1) is 0 Å². The van der Waals surface area contributed by atoms with E-state index in [4.69, 9.17) is 0 Å². The Morgan fingerprint density at radius 1 is 0.341 bits per heavy atom. The molecule has 0 bridgehead atoms. The quantitative estimate of drug-likeness (QED) is 0.184. The lowest BCUT2D eigenvalue weighted by molar-refractivity contribution is 0.591. The molecule has 0 saturated carbocycles. The van der Waals surface area contributed by atoms with Gasteiger partial charge in [0.25, 0.3) is 0 Å². The fourth-order valence-corrected chi connectivity index (χ4v) is 7.29. The van der Waals surface area contributed by atoms with E-state index >= 15 is 0 Å². The highest BCUT2D eigenvalue weighted by molar-refractivity contribution is 6.25. The van der Waals surface area contributed by atoms with Gasteiger partial charge in [0, 0.05) is 0 Å². The van der Waals surface area contributed by atoms with Crippen molar-refractivity contribution in [1.82, 2.24) is 0 Å². The lowest BCUT2D eigenvalue weighted by Crippen LogP contribution is -2.10. The Morgan fingerprint density at radius 2 is 0.864 bits per heavy atom. The van der Waals surface area contributed by atoms with Crippen LogP contribution in [0.5, 0.6) is 0 Å². The Labute approximate surface area is 257 Å². The average molecular weight is 561 g/mol. The molecule has 0 N–H and O–H groups in total. The summed E-state index contributed by atoms with van der Waals surface area (Å²) in [6, 6.07) is 52.4. The molecule has 0 unspecified atom stereocenters. The van der Waals surface area contributed by atoms with Crippen LogP contribution in [0, 0.1) is 0 Å². The number of hydrogen-bond donors (Lipinski definition) is 0. The number of benzene rings is 9. The van der Waals surface area contributed by atoms with Gasteiger partial charge in [-0.15, -0.1) is 0 Å². The van der Waals surface area contributed by atoms with Gasteiger partial charge in [0.1, 0.15) is 0 Å². The lowest BCUT2D eigenvalue weighted by Gasteiger charge is -2.22. The van der Waals surface area contributed by atoms with Crippen LogP contribution < -0.4 is 0 Å². The Kier molecular flexibility index (Phi) is 5.26. The maximum absolute atomic E-state index is 2.39. The molecule has 0 aliphatic rings. The molecule has 9 aromatic carbocycles. The van der Waals surface area contributed by atoms with Gasteiger partial charge in [-0.1, -0.05) is 142 Å². The first-order valence-corrected chi connectivity index (χ1v) is 15.6. The van der Waals surface area contributed by atoms with Crippen molar-refractivity contribution in [2.45, 2.75) is 26.2 Å². The molecule has 208 valence electrons. The van der Waals surface area contributed by atoms with E-state index in [2.05, 4.69) is 160 Å². The summed E-state index contributed by atoms with van der Waals surface area (Å²) in [6.45, 7) is 6.89. The molecule has 0 amide bonds. The van der Waals surface area contributed by atoms with Crippen LogP contribution in [-0.2, 0) is 5.41 Å². The third-order valence-corrected chi connectivity index (χ3v) is 9.69. The summed E-state index contributed by atoms with van der Waals surface area (Å²) in [5.74, 6) is 0. The number of hydrogen-bond acceptors (Lipinski definition) is 0. The highest BCUT2D eigenvalue weighted by Crippen LogP contribution is 2.42. The van der Waals surface area contributed by atoms with Crippen molar-refractivity contribution in [2.75, 3.05) is 0 Å². The molecule has 0 nitrogen and oxygen atoms in total. The zero-order chi connectivity index (χ0) is 29.6. The van der Waals surface area contributed by atoms with Gasteiger partial charge in [0.15, 0.2) is 0 Å². The highest BCUT2D eigenvalue weighted by atomic mass is 14.2. The predicted molar refractivity (Wildman–Crippen MR) is 192 cm³/mol. The first kappa shape index (κ1) is 25.3. The van der Waals surface area contributed by atoms with Crippen LogP contribution >= 0.6 is 0 Å². The minimum absolute atomic E-state index is 0.115. The Bertz CT molecular complexity index is 2560. The summed E-state index contributed by atoms with van der Waals surface area (Å²) in [5, 5.41) is 15.7. The minimum Gasteiger partial charge on any atom is -0.0616 e. The normalized spacial score (nSPS) is 12.4. The maximum Gasteiger partial charge on any atom is -0.00206 e. The van der Waals surface area contributed by atoms with Crippen LogP contribution in [0.1, 0.15) is 26.3 Å². The largest absolute Gasteiger partial charge is 0.0616 e. The lowest BCUT2D eigenvalue weighted by atomic mass is 9.82. The molecule has 9 aromatic rings. The second kappa shape index (κ2) is 9.15. The van der Waals surface area contributed by atoms with Crippen molar-refractivity contribution in [3.8, 4) is 22.3 Å². The molecule has 0 atom stereocenters. The Balaban J connectivity index is 1.14. The van der Waals surface area contributed by atoms with E-state index in [-0.39, 0.29) is 5.41 Å². The third kappa shape index (κ3) is 3.84. The summed E-state index contributed by atoms with van der Waals surface area (Å²) in [4.78, 5) is 0. The Morgan fingerprint density at radius 3 is 1.66 bits per heavy atom. The fraction of sp³-hybridized carbons (Fsp3) is 0.0909. The molecule has 44 heavy (non-hydrogen) atoms. The van der Waals surface area contributed by atoms with Crippen molar-refractivity contribution in [2.24, 2.45) is 0 Å². The molecule has 0 heterocycles. The van der Waals surface area contributed by atoms with Crippen LogP contribution in [0.15, 0.2) is 140 Å². The first-order valence-electron chi connectivity index (χ1n) is 15.6. The maximum atomic E-state index is 2.39. The molecule has 0 heteroatoms. The van der Waals surface area contributed by atoms with E-state index in [1.54, 1.807) is 0 Å². The summed E-state index contributed by atoms with van der Waals surface area (Å²) in [7, 11) is 0. The zero-order valence-corrected chi connectivity index (χ0v) is 25.3. The van der Waals surface area contributed by atoms with Crippen molar-refractivity contribution in [3.05, 3.63) is 145 Å². The molecule has 0 fully saturated rings. The van der Waals surface area contributed by atoms with Gasteiger partial charge in [-0.2, -0.15) is 0 Å². The molecular weight excluding hydrogens is 528 g/mol. The summed E-state index contributed by atoms with van der Waals surface area (Å²) >= 11 is 0. The van der Waals surface area contributed by atoms with Crippen molar-refractivity contribution in [3.63, 3.8) is 0 Å². The van der Waals surface area contributed by atoms with E-state index in [1.165, 1.54) is 92.5 Å². The van der Waals surface area contributed by atoms with Gasteiger partial charge in [-0.05, 0) is 116 Å². The monoisotopic (exact) mass is 560 g/mol. The van der Waals surface area contributed by atoms with Gasteiger partial charge in [-0.3, -0.25) is 0 Å². The number of rotatable bonds is 2. The standard InChI is InChI=1S/C44H32/c1-44(2,3)37-25-35-15-9-28-16-19-40(41-21-18-36(26-37)42(35)43(28)41)34-14-12-30-22-29(10-11-31(30)23-34)32-17-20-39-33(24-32)13-8-27-6-4-5-7-38(27)39/h4-26H,1-3H3. The van der Waals surface area contributed by atoms with E-state index in [0.29, 0.717) is 0 Å². The van der Waals surface area contributed by atoms with Gasteiger partial charge < -0.3 is 0 Å². The van der Waals surface area contributed by atoms with Crippen molar-refractivity contribution < 1.29 is 0 Å². The average Bonchev–Trinajstić information content (AvgIpc) is 3.05. The highest BCUT2D eigenvalue weighted by Gasteiger charge is 2.18. The first-order chi connectivity index (χ1) is 21.4. The molecule has 0 spiro atoms. The summed E-state index contributed by atoms with van der Waals surface area (Å²) in [6.07, 6.45) is 0. The molecule has 0 aliphatic heterocycles. The van der Waals surface area contributed by atoms with E-state index in [0.717, 1.165) is 0 Å². The van der Waals surface area contributed by atoms with Gasteiger partial charge in [0.2, 0.25) is 0 Å². The molecule has 0 saturated heterocycles. The summed E-state index contributed by atoms with van der Waals surface area (Å²) < 4.78 is 0. The molecule has 0 aromatic heterocycles. The van der Waals surface area contributed by atoms with Crippen LogP contribution in [0.2, 0.25) is 0 Å². The SMILES string of the molecule is CC(C)(C)c1cc2ccc3ccc(-c4ccc5cc(-c6ccc7c(ccc8ccccc87)c6)ccc5c4)c4ccc(c1)c2c34. The van der Waals surface area contributed by atoms with E-state index < -0.39 is 0 Å². The van der Waals surface area contributed by atoms with Gasteiger partial charge in [-0.25, -0.2) is 0 Å². The molecule has 0 radical (unpaired) electrons. The van der Waals surface area contributed by atoms with Crippen LogP contribution in [0.4, 0.5) is 0 Å². The zero-order valence-electron chi connectivity index (χ0n) is 25.3.